The number of ether oxygens (including phenoxy) is 1. The van der Waals surface area contributed by atoms with E-state index in [-0.39, 0.29) is 6.10 Å². The normalized spacial score (nSPS) is 10.9. The van der Waals surface area contributed by atoms with Crippen LogP contribution in [0.15, 0.2) is 54.6 Å². The van der Waals surface area contributed by atoms with Gasteiger partial charge in [-0.2, -0.15) is 0 Å². The monoisotopic (exact) mass is 246 g/mol. The average molecular weight is 246 g/mol. The zero-order valence-electron chi connectivity index (χ0n) is 10.8. The van der Waals surface area contributed by atoms with E-state index in [1.807, 2.05) is 54.6 Å². The number of terminal acetylenes is 1. The highest BCUT2D eigenvalue weighted by molar-refractivity contribution is 5.48. The third kappa shape index (κ3) is 3.26. The fourth-order valence-corrected chi connectivity index (χ4v) is 1.79. The van der Waals surface area contributed by atoms with Crippen LogP contribution < -0.4 is 0 Å². The lowest BCUT2D eigenvalue weighted by Crippen LogP contribution is -2.00. The molecule has 1 nitrogen and oxygen atoms in total. The van der Waals surface area contributed by atoms with Crippen LogP contribution in [0.4, 0.5) is 0 Å². The summed E-state index contributed by atoms with van der Waals surface area (Å²) < 4.78 is 5.27. The minimum atomic E-state index is -0.360. The largest absolute Gasteiger partial charge is 0.364 e. The second-order valence-electron chi connectivity index (χ2n) is 3.99. The molecule has 0 heterocycles. The minimum absolute atomic E-state index is 0.360. The third-order valence-corrected chi connectivity index (χ3v) is 2.75. The SMILES string of the molecule is C#CC(OC)c1ccccc1C#Cc1ccccc1. The van der Waals surface area contributed by atoms with Crippen LogP contribution in [0.1, 0.15) is 22.8 Å². The standard InChI is InChI=1S/C18H14O/c1-3-18(19-2)17-12-8-7-11-16(17)14-13-15-9-5-4-6-10-15/h1,4-12,18H,2H3. The molecule has 0 saturated heterocycles. The van der Waals surface area contributed by atoms with Gasteiger partial charge in [0, 0.05) is 23.8 Å². The quantitative estimate of drug-likeness (QED) is 0.738. The van der Waals surface area contributed by atoms with Crippen LogP contribution in [0.25, 0.3) is 0 Å². The summed E-state index contributed by atoms with van der Waals surface area (Å²) in [5.74, 6) is 8.90. The fourth-order valence-electron chi connectivity index (χ4n) is 1.79. The van der Waals surface area contributed by atoms with Gasteiger partial charge in [-0.25, -0.2) is 0 Å². The van der Waals surface area contributed by atoms with Gasteiger partial charge in [-0.1, -0.05) is 54.2 Å². The zero-order chi connectivity index (χ0) is 13.5. The Morgan fingerprint density at radius 2 is 1.63 bits per heavy atom. The molecule has 0 aliphatic heterocycles. The van der Waals surface area contributed by atoms with Crippen molar-refractivity contribution < 1.29 is 4.74 Å². The van der Waals surface area contributed by atoms with Crippen molar-refractivity contribution in [3.8, 4) is 24.2 Å². The van der Waals surface area contributed by atoms with Gasteiger partial charge in [0.15, 0.2) is 0 Å². The Kier molecular flexibility index (Phi) is 4.40. The Balaban J connectivity index is 2.37. The zero-order valence-corrected chi connectivity index (χ0v) is 10.8. The van der Waals surface area contributed by atoms with Crippen molar-refractivity contribution >= 4 is 0 Å². The van der Waals surface area contributed by atoms with Gasteiger partial charge in [-0.15, -0.1) is 6.42 Å². The Morgan fingerprint density at radius 3 is 2.32 bits per heavy atom. The van der Waals surface area contributed by atoms with Crippen molar-refractivity contribution in [2.75, 3.05) is 7.11 Å². The molecule has 1 unspecified atom stereocenters. The molecule has 0 bridgehead atoms. The molecule has 0 aliphatic rings. The van der Waals surface area contributed by atoms with E-state index in [0.29, 0.717) is 0 Å². The van der Waals surface area contributed by atoms with Crippen molar-refractivity contribution in [1.82, 2.24) is 0 Å². The van der Waals surface area contributed by atoms with Crippen LogP contribution in [-0.4, -0.2) is 7.11 Å². The van der Waals surface area contributed by atoms with Crippen molar-refractivity contribution in [3.63, 3.8) is 0 Å². The summed E-state index contributed by atoms with van der Waals surface area (Å²) in [6, 6.07) is 17.6. The van der Waals surface area contributed by atoms with Gasteiger partial charge in [0.25, 0.3) is 0 Å². The molecule has 0 N–H and O–H groups in total. The lowest BCUT2D eigenvalue weighted by molar-refractivity contribution is 0.150. The lowest BCUT2D eigenvalue weighted by Gasteiger charge is -2.10. The highest BCUT2D eigenvalue weighted by atomic mass is 16.5. The molecule has 0 saturated carbocycles. The molecule has 0 aromatic heterocycles. The fraction of sp³-hybridized carbons (Fsp3) is 0.111. The second-order valence-corrected chi connectivity index (χ2v) is 3.99. The number of hydrogen-bond donors (Lipinski definition) is 0. The topological polar surface area (TPSA) is 9.23 Å². The molecule has 2 aromatic carbocycles. The Labute approximate surface area is 114 Å². The van der Waals surface area contributed by atoms with E-state index in [0.717, 1.165) is 16.7 Å². The summed E-state index contributed by atoms with van der Waals surface area (Å²) >= 11 is 0. The number of methoxy groups -OCH3 is 1. The van der Waals surface area contributed by atoms with E-state index in [4.69, 9.17) is 11.2 Å². The summed E-state index contributed by atoms with van der Waals surface area (Å²) in [5, 5.41) is 0. The number of benzene rings is 2. The maximum absolute atomic E-state index is 5.47. The van der Waals surface area contributed by atoms with Crippen molar-refractivity contribution in [1.29, 1.82) is 0 Å². The molecular formula is C18H14O. The first-order valence-electron chi connectivity index (χ1n) is 6.00. The van der Waals surface area contributed by atoms with E-state index in [1.54, 1.807) is 7.11 Å². The highest BCUT2D eigenvalue weighted by Gasteiger charge is 2.09. The molecule has 19 heavy (non-hydrogen) atoms. The van der Waals surface area contributed by atoms with E-state index < -0.39 is 0 Å². The van der Waals surface area contributed by atoms with E-state index in [2.05, 4.69) is 17.8 Å². The smallest absolute Gasteiger partial charge is 0.143 e. The van der Waals surface area contributed by atoms with Crippen LogP contribution in [0.3, 0.4) is 0 Å². The molecule has 0 aliphatic carbocycles. The third-order valence-electron chi connectivity index (χ3n) is 2.75. The summed E-state index contributed by atoms with van der Waals surface area (Å²) in [6.45, 7) is 0. The predicted molar refractivity (Wildman–Crippen MR) is 77.4 cm³/mol. The van der Waals surface area contributed by atoms with Gasteiger partial charge < -0.3 is 4.74 Å². The Hall–Kier alpha value is -2.48. The van der Waals surface area contributed by atoms with Gasteiger partial charge in [0.2, 0.25) is 0 Å². The van der Waals surface area contributed by atoms with E-state index in [1.165, 1.54) is 0 Å². The van der Waals surface area contributed by atoms with Crippen LogP contribution in [0, 0.1) is 24.2 Å². The molecular weight excluding hydrogens is 232 g/mol. The summed E-state index contributed by atoms with van der Waals surface area (Å²) in [4.78, 5) is 0. The van der Waals surface area contributed by atoms with Crippen LogP contribution in [0.2, 0.25) is 0 Å². The molecule has 0 fully saturated rings. The first-order valence-corrected chi connectivity index (χ1v) is 6.00. The first-order chi connectivity index (χ1) is 9.35. The maximum Gasteiger partial charge on any atom is 0.143 e. The predicted octanol–water partition coefficient (Wildman–Crippen LogP) is 3.41. The second kappa shape index (κ2) is 6.45. The summed E-state index contributed by atoms with van der Waals surface area (Å²) in [5.41, 5.74) is 2.80. The molecule has 0 spiro atoms. The van der Waals surface area contributed by atoms with Gasteiger partial charge in [-0.05, 0) is 18.2 Å². The Morgan fingerprint density at radius 1 is 0.947 bits per heavy atom. The maximum atomic E-state index is 5.47. The van der Waals surface area contributed by atoms with Crippen molar-refractivity contribution in [3.05, 3.63) is 71.3 Å². The molecule has 2 aromatic rings. The Bertz CT molecular complexity index is 639. The molecule has 92 valence electrons. The van der Waals surface area contributed by atoms with Crippen LogP contribution >= 0.6 is 0 Å². The van der Waals surface area contributed by atoms with Gasteiger partial charge in [0.1, 0.15) is 6.10 Å². The minimum Gasteiger partial charge on any atom is -0.364 e. The molecule has 2 rings (SSSR count). The number of rotatable bonds is 2. The molecule has 1 heteroatoms. The molecule has 0 amide bonds. The molecule has 0 radical (unpaired) electrons. The van der Waals surface area contributed by atoms with Crippen molar-refractivity contribution in [2.24, 2.45) is 0 Å². The summed E-state index contributed by atoms with van der Waals surface area (Å²) in [7, 11) is 1.60. The first kappa shape index (κ1) is 13.0. The van der Waals surface area contributed by atoms with Crippen molar-refractivity contribution in [2.45, 2.75) is 6.10 Å². The van der Waals surface area contributed by atoms with E-state index in [9.17, 15) is 0 Å². The van der Waals surface area contributed by atoms with Crippen LogP contribution in [0.5, 0.6) is 0 Å². The average Bonchev–Trinajstić information content (AvgIpc) is 2.48. The number of hydrogen-bond acceptors (Lipinski definition) is 1. The van der Waals surface area contributed by atoms with Gasteiger partial charge in [-0.3, -0.25) is 0 Å². The van der Waals surface area contributed by atoms with Gasteiger partial charge >= 0.3 is 0 Å². The van der Waals surface area contributed by atoms with Crippen LogP contribution in [-0.2, 0) is 4.74 Å². The van der Waals surface area contributed by atoms with Gasteiger partial charge in [0.05, 0.1) is 0 Å². The highest BCUT2D eigenvalue weighted by Crippen LogP contribution is 2.19. The van der Waals surface area contributed by atoms with E-state index >= 15 is 0 Å². The summed E-state index contributed by atoms with van der Waals surface area (Å²) in [6.07, 6.45) is 5.11. The molecule has 1 atom stereocenters. The lowest BCUT2D eigenvalue weighted by atomic mass is 10.0.